The number of aryl methyl sites for hydroxylation is 1. The number of hydrogen-bond acceptors (Lipinski definition) is 5. The van der Waals surface area contributed by atoms with Gasteiger partial charge in [0.05, 0.1) is 17.2 Å². The summed E-state index contributed by atoms with van der Waals surface area (Å²) < 4.78 is 0. The van der Waals surface area contributed by atoms with Crippen molar-refractivity contribution in [2.24, 2.45) is 0 Å². The number of pyridine rings is 1. The quantitative estimate of drug-likeness (QED) is 0.593. The molecule has 0 spiro atoms. The molecular formula is C11H17N3O3. The van der Waals surface area contributed by atoms with Crippen LogP contribution in [0, 0.1) is 24.0 Å². The van der Waals surface area contributed by atoms with Crippen LogP contribution in [0.1, 0.15) is 23.7 Å². The molecule has 0 aromatic carbocycles. The largest absolute Gasteiger partial charge is 0.395 e. The number of nitrogens with zero attached hydrogens (tertiary/aromatic N) is 2. The van der Waals surface area contributed by atoms with Crippen LogP contribution < -0.4 is 5.32 Å². The number of rotatable bonds is 5. The van der Waals surface area contributed by atoms with Gasteiger partial charge in [-0.15, -0.1) is 0 Å². The van der Waals surface area contributed by atoms with Crippen LogP contribution in [0.25, 0.3) is 0 Å². The van der Waals surface area contributed by atoms with E-state index in [1.807, 2.05) is 6.92 Å². The van der Waals surface area contributed by atoms with E-state index >= 15 is 0 Å². The Labute approximate surface area is 99.8 Å². The molecule has 1 aromatic heterocycles. The van der Waals surface area contributed by atoms with Crippen molar-refractivity contribution in [2.45, 2.75) is 33.4 Å². The fourth-order valence-electron chi connectivity index (χ4n) is 1.56. The molecule has 94 valence electrons. The van der Waals surface area contributed by atoms with E-state index in [0.717, 1.165) is 0 Å². The van der Waals surface area contributed by atoms with E-state index < -0.39 is 0 Å². The normalized spacial score (nSPS) is 12.5. The molecule has 0 aliphatic rings. The molecule has 0 fully saturated rings. The summed E-state index contributed by atoms with van der Waals surface area (Å²) in [7, 11) is 0. The fraction of sp³-hybridized carbons (Fsp3) is 0.545. The van der Waals surface area contributed by atoms with Crippen LogP contribution in [0.2, 0.25) is 0 Å². The van der Waals surface area contributed by atoms with Gasteiger partial charge in [0.25, 0.3) is 5.69 Å². The highest BCUT2D eigenvalue weighted by atomic mass is 16.6. The van der Waals surface area contributed by atoms with Gasteiger partial charge in [-0.05, 0) is 20.8 Å². The molecule has 6 nitrogen and oxygen atoms in total. The monoisotopic (exact) mass is 239 g/mol. The molecule has 2 N–H and O–H groups in total. The van der Waals surface area contributed by atoms with Crippen molar-refractivity contribution in [3.63, 3.8) is 0 Å². The Kier molecular flexibility index (Phi) is 4.53. The van der Waals surface area contributed by atoms with E-state index in [2.05, 4.69) is 10.3 Å². The Hall–Kier alpha value is -1.53. The highest BCUT2D eigenvalue weighted by molar-refractivity contribution is 5.47. The van der Waals surface area contributed by atoms with Crippen molar-refractivity contribution in [3.05, 3.63) is 33.1 Å². The Balaban J connectivity index is 2.95. The van der Waals surface area contributed by atoms with Gasteiger partial charge in [0.2, 0.25) is 0 Å². The van der Waals surface area contributed by atoms with Crippen LogP contribution in [-0.4, -0.2) is 27.7 Å². The number of aliphatic hydroxyl groups excluding tert-OH is 1. The van der Waals surface area contributed by atoms with E-state index in [1.54, 1.807) is 13.8 Å². The highest BCUT2D eigenvalue weighted by Crippen LogP contribution is 2.23. The molecule has 0 radical (unpaired) electrons. The van der Waals surface area contributed by atoms with Crippen LogP contribution in [0.5, 0.6) is 0 Å². The number of aliphatic hydroxyl groups is 1. The van der Waals surface area contributed by atoms with Gasteiger partial charge in [-0.25, -0.2) is 0 Å². The molecular weight excluding hydrogens is 222 g/mol. The van der Waals surface area contributed by atoms with Crippen molar-refractivity contribution in [1.29, 1.82) is 0 Å². The van der Waals surface area contributed by atoms with E-state index in [9.17, 15) is 10.1 Å². The third-order valence-electron chi connectivity index (χ3n) is 2.65. The highest BCUT2D eigenvalue weighted by Gasteiger charge is 2.18. The molecule has 0 aliphatic heterocycles. The van der Waals surface area contributed by atoms with Gasteiger partial charge < -0.3 is 10.4 Å². The minimum absolute atomic E-state index is 0.0208. The first kappa shape index (κ1) is 13.5. The van der Waals surface area contributed by atoms with Gasteiger partial charge >= 0.3 is 0 Å². The second kappa shape index (κ2) is 5.70. The summed E-state index contributed by atoms with van der Waals surface area (Å²) in [6.07, 6.45) is 1.51. The van der Waals surface area contributed by atoms with Crippen molar-refractivity contribution in [2.75, 3.05) is 6.61 Å². The maximum atomic E-state index is 10.9. The molecule has 1 heterocycles. The summed E-state index contributed by atoms with van der Waals surface area (Å²) in [6.45, 7) is 5.63. The summed E-state index contributed by atoms with van der Waals surface area (Å²) >= 11 is 0. The zero-order valence-electron chi connectivity index (χ0n) is 10.2. The predicted octanol–water partition coefficient (Wildman–Crippen LogP) is 1.08. The SMILES string of the molecule is Cc1cnc(CNC(C)CO)c(C)c1[N+](=O)[O-]. The van der Waals surface area contributed by atoms with Crippen LogP contribution >= 0.6 is 0 Å². The molecule has 0 amide bonds. The summed E-state index contributed by atoms with van der Waals surface area (Å²) in [4.78, 5) is 14.7. The third kappa shape index (κ3) is 3.21. The minimum atomic E-state index is -0.384. The van der Waals surface area contributed by atoms with Crippen molar-refractivity contribution < 1.29 is 10.0 Å². The topological polar surface area (TPSA) is 88.3 Å². The van der Waals surface area contributed by atoms with Gasteiger partial charge in [-0.2, -0.15) is 0 Å². The molecule has 1 aromatic rings. The van der Waals surface area contributed by atoms with Crippen molar-refractivity contribution in [1.82, 2.24) is 10.3 Å². The number of nitro groups is 1. The molecule has 0 saturated carbocycles. The van der Waals surface area contributed by atoms with Gasteiger partial charge in [0.15, 0.2) is 0 Å². The lowest BCUT2D eigenvalue weighted by Gasteiger charge is -2.12. The number of hydrogen-bond donors (Lipinski definition) is 2. The fourth-order valence-corrected chi connectivity index (χ4v) is 1.56. The third-order valence-corrected chi connectivity index (χ3v) is 2.65. The lowest BCUT2D eigenvalue weighted by atomic mass is 10.1. The van der Waals surface area contributed by atoms with Gasteiger partial charge in [0, 0.05) is 29.9 Å². The Bertz CT molecular complexity index is 421. The van der Waals surface area contributed by atoms with Gasteiger partial charge in [-0.1, -0.05) is 0 Å². The Morgan fingerprint density at radius 3 is 2.76 bits per heavy atom. The summed E-state index contributed by atoms with van der Waals surface area (Å²) in [5.74, 6) is 0. The van der Waals surface area contributed by atoms with E-state index in [-0.39, 0.29) is 23.3 Å². The average Bonchev–Trinajstić information content (AvgIpc) is 2.27. The zero-order valence-corrected chi connectivity index (χ0v) is 10.2. The molecule has 0 bridgehead atoms. The van der Waals surface area contributed by atoms with E-state index in [0.29, 0.717) is 23.4 Å². The molecule has 6 heteroatoms. The standard InChI is InChI=1S/C11H17N3O3/c1-7-4-13-10(5-12-8(2)6-15)9(3)11(7)14(16)17/h4,8,12,15H,5-6H2,1-3H3. The lowest BCUT2D eigenvalue weighted by Crippen LogP contribution is -2.29. The van der Waals surface area contributed by atoms with Crippen molar-refractivity contribution in [3.8, 4) is 0 Å². The molecule has 1 unspecified atom stereocenters. The predicted molar refractivity (Wildman–Crippen MR) is 63.8 cm³/mol. The molecule has 0 saturated heterocycles. The smallest absolute Gasteiger partial charge is 0.278 e. The van der Waals surface area contributed by atoms with E-state index in [1.165, 1.54) is 6.20 Å². The number of aromatic nitrogens is 1. The first-order valence-electron chi connectivity index (χ1n) is 5.41. The Morgan fingerprint density at radius 2 is 2.24 bits per heavy atom. The van der Waals surface area contributed by atoms with Crippen LogP contribution in [0.3, 0.4) is 0 Å². The molecule has 0 aliphatic carbocycles. The lowest BCUT2D eigenvalue weighted by molar-refractivity contribution is -0.386. The first-order chi connectivity index (χ1) is 7.97. The van der Waals surface area contributed by atoms with Crippen LogP contribution in [-0.2, 0) is 6.54 Å². The Morgan fingerprint density at radius 1 is 1.59 bits per heavy atom. The zero-order chi connectivity index (χ0) is 13.0. The average molecular weight is 239 g/mol. The summed E-state index contributed by atoms with van der Waals surface area (Å²) in [6, 6.07) is -0.0587. The second-order valence-corrected chi connectivity index (χ2v) is 4.08. The maximum absolute atomic E-state index is 10.9. The van der Waals surface area contributed by atoms with Crippen molar-refractivity contribution >= 4 is 5.69 Å². The summed E-state index contributed by atoms with van der Waals surface area (Å²) in [5.41, 5.74) is 1.90. The van der Waals surface area contributed by atoms with Crippen LogP contribution in [0.4, 0.5) is 5.69 Å². The number of nitrogens with one attached hydrogen (secondary N) is 1. The van der Waals surface area contributed by atoms with Crippen LogP contribution in [0.15, 0.2) is 6.20 Å². The second-order valence-electron chi connectivity index (χ2n) is 4.08. The maximum Gasteiger partial charge on any atom is 0.278 e. The first-order valence-corrected chi connectivity index (χ1v) is 5.41. The molecule has 1 atom stereocenters. The summed E-state index contributed by atoms with van der Waals surface area (Å²) in [5, 5.41) is 22.8. The van der Waals surface area contributed by atoms with E-state index in [4.69, 9.17) is 5.11 Å². The van der Waals surface area contributed by atoms with Gasteiger partial charge in [0.1, 0.15) is 0 Å². The van der Waals surface area contributed by atoms with Gasteiger partial charge in [-0.3, -0.25) is 15.1 Å². The molecule has 1 rings (SSSR count). The molecule has 17 heavy (non-hydrogen) atoms. The minimum Gasteiger partial charge on any atom is -0.395 e.